The number of aliphatic hydroxyl groups excluding tert-OH is 5. The van der Waals surface area contributed by atoms with Crippen LogP contribution in [0.25, 0.3) is 6.08 Å². The predicted octanol–water partition coefficient (Wildman–Crippen LogP) is -1.76. The normalized spacial score (nSPS) is 34.6. The lowest BCUT2D eigenvalue weighted by Crippen LogP contribution is -2.70. The number of esters is 1. The Labute approximate surface area is 316 Å². The average molecular weight is 770 g/mol. The molecule has 2 amide bonds. The standard InChI is InChI=1S/C38H47N3O14/c1-40(24(34(47)39-12-13-42)16-22-7-3-2-4-8-22)37(49)38-17-25-30-31(52-20-51-30)33(38)55-41(32(38)35(48)53-25)18-23-10-5-9-21(15-23)11-6-14-50-36-29(46)28(45)27(44)26(19-43)54-36/h2-11,15,24-33,36,42-46H,12-14,16-20H2,1H3,(H,39,47). The van der Waals surface area contributed by atoms with Crippen molar-refractivity contribution in [2.75, 3.05) is 40.2 Å². The number of rotatable bonds is 14. The molecule has 55 heavy (non-hydrogen) atoms. The van der Waals surface area contributed by atoms with E-state index in [1.165, 1.54) is 17.0 Å². The van der Waals surface area contributed by atoms with Crippen LogP contribution in [0.4, 0.5) is 0 Å². The third kappa shape index (κ3) is 7.54. The van der Waals surface area contributed by atoms with E-state index in [1.54, 1.807) is 12.2 Å². The number of amides is 2. The fourth-order valence-electron chi connectivity index (χ4n) is 8.34. The highest BCUT2D eigenvalue weighted by molar-refractivity contribution is 5.96. The largest absolute Gasteiger partial charge is 0.458 e. The molecular weight excluding hydrogens is 722 g/mol. The van der Waals surface area contributed by atoms with Crippen molar-refractivity contribution < 1.29 is 68.4 Å². The van der Waals surface area contributed by atoms with E-state index >= 15 is 4.79 Å². The fourth-order valence-corrected chi connectivity index (χ4v) is 8.34. The summed E-state index contributed by atoms with van der Waals surface area (Å²) < 4.78 is 28.7. The van der Waals surface area contributed by atoms with Gasteiger partial charge in [-0.05, 0) is 16.7 Å². The van der Waals surface area contributed by atoms with E-state index < -0.39 is 97.0 Å². The van der Waals surface area contributed by atoms with Crippen LogP contribution in [0.2, 0.25) is 0 Å². The molecule has 12 atom stereocenters. The maximum atomic E-state index is 15.0. The number of nitrogens with one attached hydrogen (secondary N) is 1. The van der Waals surface area contributed by atoms with Crippen molar-refractivity contribution in [3.8, 4) is 0 Å². The zero-order chi connectivity index (χ0) is 38.9. The molecule has 0 radical (unpaired) electrons. The van der Waals surface area contributed by atoms with Crippen LogP contribution in [0.1, 0.15) is 23.1 Å². The van der Waals surface area contributed by atoms with Gasteiger partial charge in [-0.3, -0.25) is 19.2 Å². The van der Waals surface area contributed by atoms with Crippen molar-refractivity contribution in [2.24, 2.45) is 5.41 Å². The second-order valence-electron chi connectivity index (χ2n) is 14.4. The van der Waals surface area contributed by atoms with E-state index in [-0.39, 0.29) is 45.9 Å². The molecule has 5 aliphatic rings. The van der Waals surface area contributed by atoms with Gasteiger partial charge >= 0.3 is 5.97 Å². The SMILES string of the molecule is CN(C(=O)C12CC3OC(=O)C1N(Cc1cccc(C=CCOC4OC(CO)C(O)C(O)C4O)c1)OC2C1OCOC31)C(Cc1ccccc1)C(=O)NCCO. The van der Waals surface area contributed by atoms with Crippen LogP contribution in [-0.2, 0) is 55.9 Å². The van der Waals surface area contributed by atoms with Gasteiger partial charge in [-0.25, -0.2) is 0 Å². The Balaban J connectivity index is 1.11. The molecule has 12 unspecified atom stereocenters. The first-order valence-corrected chi connectivity index (χ1v) is 18.3. The van der Waals surface area contributed by atoms with Gasteiger partial charge in [0.05, 0.1) is 26.4 Å². The first-order valence-electron chi connectivity index (χ1n) is 18.3. The maximum absolute atomic E-state index is 15.0. The Morgan fingerprint density at radius 3 is 2.56 bits per heavy atom. The van der Waals surface area contributed by atoms with Crippen LogP contribution in [0.3, 0.4) is 0 Å². The summed E-state index contributed by atoms with van der Waals surface area (Å²) >= 11 is 0. The smallest absolute Gasteiger partial charge is 0.327 e. The number of likely N-dealkylation sites (N-methyl/N-ethyl adjacent to an activating group) is 1. The molecule has 17 heteroatoms. The average Bonchev–Trinajstić information content (AvgIpc) is 3.82. The minimum atomic E-state index is -1.55. The number of carbonyl (C=O) groups is 3. The summed E-state index contributed by atoms with van der Waals surface area (Å²) in [6, 6.07) is 14.4. The van der Waals surface area contributed by atoms with Crippen molar-refractivity contribution in [2.45, 2.75) is 86.6 Å². The number of nitrogens with zero attached hydrogens (tertiary/aromatic N) is 2. The molecular formula is C38H47N3O14. The van der Waals surface area contributed by atoms with Gasteiger partial charge in [0.15, 0.2) is 12.3 Å². The second-order valence-corrected chi connectivity index (χ2v) is 14.4. The first kappa shape index (κ1) is 39.4. The van der Waals surface area contributed by atoms with Crippen LogP contribution < -0.4 is 5.32 Å². The van der Waals surface area contributed by atoms with Crippen LogP contribution in [0.15, 0.2) is 60.7 Å². The molecule has 7 rings (SSSR count). The van der Waals surface area contributed by atoms with Gasteiger partial charge in [-0.15, -0.1) is 0 Å². The number of fused-ring (bicyclic) bond motifs is 4. The Morgan fingerprint density at radius 1 is 1.04 bits per heavy atom. The third-order valence-electron chi connectivity index (χ3n) is 11.0. The van der Waals surface area contributed by atoms with Gasteiger partial charge in [0.25, 0.3) is 0 Å². The molecule has 0 aromatic heterocycles. The van der Waals surface area contributed by atoms with Gasteiger partial charge in [0.1, 0.15) is 67.1 Å². The number of hydrogen-bond acceptors (Lipinski definition) is 15. The van der Waals surface area contributed by atoms with Crippen molar-refractivity contribution in [1.82, 2.24) is 15.3 Å². The highest BCUT2D eigenvalue weighted by atomic mass is 16.8. The van der Waals surface area contributed by atoms with Crippen molar-refractivity contribution in [3.63, 3.8) is 0 Å². The summed E-state index contributed by atoms with van der Waals surface area (Å²) in [5.41, 5.74) is 0.798. The highest BCUT2D eigenvalue weighted by Gasteiger charge is 2.75. The van der Waals surface area contributed by atoms with Crippen molar-refractivity contribution in [1.29, 1.82) is 0 Å². The summed E-state index contributed by atoms with van der Waals surface area (Å²) in [4.78, 5) is 50.5. The molecule has 298 valence electrons. The number of hydroxylamine groups is 2. The Morgan fingerprint density at radius 2 is 1.80 bits per heavy atom. The van der Waals surface area contributed by atoms with Crippen molar-refractivity contribution >= 4 is 23.9 Å². The molecule has 2 bridgehead atoms. The molecule has 2 aromatic carbocycles. The van der Waals surface area contributed by atoms with E-state index in [0.29, 0.717) is 0 Å². The molecule has 4 aliphatic heterocycles. The summed E-state index contributed by atoms with van der Waals surface area (Å²) in [6.45, 7) is -0.875. The molecule has 1 aliphatic carbocycles. The van der Waals surface area contributed by atoms with Gasteiger partial charge < -0.3 is 59.4 Å². The minimum absolute atomic E-state index is 0.00228. The van der Waals surface area contributed by atoms with Crippen LogP contribution in [-0.4, -0.2) is 161 Å². The Kier molecular flexibility index (Phi) is 12.0. The quantitative estimate of drug-likeness (QED) is 0.117. The highest BCUT2D eigenvalue weighted by Crippen LogP contribution is 2.56. The Bertz CT molecular complexity index is 1710. The van der Waals surface area contributed by atoms with Gasteiger partial charge in [-0.2, -0.15) is 5.06 Å². The van der Waals surface area contributed by atoms with Gasteiger partial charge in [0, 0.05) is 26.4 Å². The fraction of sp³-hybridized carbons (Fsp3) is 0.553. The zero-order valence-electron chi connectivity index (χ0n) is 30.2. The summed E-state index contributed by atoms with van der Waals surface area (Å²) in [6.07, 6.45) is -6.35. The molecule has 4 saturated heterocycles. The maximum Gasteiger partial charge on any atom is 0.327 e. The van der Waals surface area contributed by atoms with Gasteiger partial charge in [-0.1, -0.05) is 66.7 Å². The molecule has 6 N–H and O–H groups in total. The molecule has 1 saturated carbocycles. The molecule has 5 fully saturated rings. The zero-order valence-corrected chi connectivity index (χ0v) is 30.2. The summed E-state index contributed by atoms with van der Waals surface area (Å²) in [5.74, 6) is -1.58. The monoisotopic (exact) mass is 769 g/mol. The Hall–Kier alpha value is -3.85. The number of hydrogen-bond donors (Lipinski definition) is 6. The van der Waals surface area contributed by atoms with E-state index in [1.807, 2.05) is 54.6 Å². The number of carbonyl (C=O) groups excluding carboxylic acids is 3. The molecule has 17 nitrogen and oxygen atoms in total. The topological polar surface area (TPSA) is 226 Å². The summed E-state index contributed by atoms with van der Waals surface area (Å²) in [7, 11) is 1.54. The lowest BCUT2D eigenvalue weighted by molar-refractivity contribution is -0.298. The van der Waals surface area contributed by atoms with Crippen LogP contribution in [0.5, 0.6) is 0 Å². The van der Waals surface area contributed by atoms with Crippen molar-refractivity contribution in [3.05, 3.63) is 77.4 Å². The predicted molar refractivity (Wildman–Crippen MR) is 188 cm³/mol. The van der Waals surface area contributed by atoms with Gasteiger partial charge in [0.2, 0.25) is 11.8 Å². The van der Waals surface area contributed by atoms with E-state index in [4.69, 9.17) is 28.5 Å². The molecule has 4 heterocycles. The minimum Gasteiger partial charge on any atom is -0.458 e. The van der Waals surface area contributed by atoms with Crippen LogP contribution >= 0.6 is 0 Å². The molecule has 2 aromatic rings. The van der Waals surface area contributed by atoms with E-state index in [9.17, 15) is 35.1 Å². The van der Waals surface area contributed by atoms with E-state index in [2.05, 4.69) is 5.32 Å². The first-order chi connectivity index (χ1) is 26.6. The molecule has 0 spiro atoms. The number of benzene rings is 2. The number of aliphatic hydroxyl groups is 5. The number of ether oxygens (including phenoxy) is 5. The third-order valence-corrected chi connectivity index (χ3v) is 11.0. The lowest BCUT2D eigenvalue weighted by Gasteiger charge is -2.50. The van der Waals surface area contributed by atoms with Crippen LogP contribution in [0, 0.1) is 5.41 Å². The van der Waals surface area contributed by atoms with E-state index in [0.717, 1.165) is 16.7 Å². The second kappa shape index (κ2) is 16.7. The summed E-state index contributed by atoms with van der Waals surface area (Å²) in [5, 5.41) is 53.3. The lowest BCUT2D eigenvalue weighted by atomic mass is 9.62.